The maximum atomic E-state index is 11.8. The maximum absolute atomic E-state index is 11.8. The second kappa shape index (κ2) is 10.8. The van der Waals surface area contributed by atoms with E-state index in [4.69, 9.17) is 15.3 Å². The Labute approximate surface area is 187 Å². The van der Waals surface area contributed by atoms with Crippen LogP contribution < -0.4 is 0 Å². The number of aliphatic hydroxyl groups is 3. The van der Waals surface area contributed by atoms with Crippen LogP contribution >= 0.6 is 0 Å². The monoisotopic (exact) mass is 434 g/mol. The van der Waals surface area contributed by atoms with Crippen LogP contribution in [-0.4, -0.2) is 46.7 Å². The fraction of sp³-hybridized carbons (Fsp3) is 0.692. The van der Waals surface area contributed by atoms with Crippen molar-refractivity contribution in [2.75, 3.05) is 19.8 Å². The first-order chi connectivity index (χ1) is 14.2. The molecule has 1 aromatic carbocycles. The first-order valence-electron chi connectivity index (χ1n) is 11.2. The average Bonchev–Trinajstić information content (AvgIpc) is 2.68. The van der Waals surface area contributed by atoms with Crippen LogP contribution in [0.15, 0.2) is 18.2 Å². The fourth-order valence-corrected chi connectivity index (χ4v) is 3.46. The molecule has 1 aliphatic rings. The second-order valence-corrected chi connectivity index (χ2v) is 11.0. The lowest BCUT2D eigenvalue weighted by Gasteiger charge is -2.29. The first-order valence-corrected chi connectivity index (χ1v) is 11.2. The van der Waals surface area contributed by atoms with Crippen LogP contribution in [0.25, 0.3) is 0 Å². The maximum Gasteiger partial charge on any atom is 0.140 e. The van der Waals surface area contributed by atoms with Gasteiger partial charge >= 0.3 is 0 Å². The van der Waals surface area contributed by atoms with Crippen molar-refractivity contribution in [3.05, 3.63) is 34.9 Å². The van der Waals surface area contributed by atoms with Gasteiger partial charge in [-0.3, -0.25) is 9.59 Å². The molecular formula is C26H42O5. The Balaban J connectivity index is 0.000000452. The largest absolute Gasteiger partial charge is 0.396 e. The van der Waals surface area contributed by atoms with Crippen molar-refractivity contribution in [1.82, 2.24) is 0 Å². The molecule has 0 amide bonds. The van der Waals surface area contributed by atoms with Crippen LogP contribution in [0.1, 0.15) is 96.8 Å². The van der Waals surface area contributed by atoms with E-state index >= 15 is 0 Å². The highest BCUT2D eigenvalue weighted by Gasteiger charge is 2.29. The summed E-state index contributed by atoms with van der Waals surface area (Å²) in [6.07, 6.45) is 1.73. The summed E-state index contributed by atoms with van der Waals surface area (Å²) in [4.78, 5) is 23.6. The Hall–Kier alpha value is -1.56. The second-order valence-electron chi connectivity index (χ2n) is 11.0. The molecule has 1 saturated carbocycles. The van der Waals surface area contributed by atoms with E-state index in [9.17, 15) is 9.59 Å². The highest BCUT2D eigenvalue weighted by atomic mass is 16.3. The standard InChI is InChI=1S/C20H28O2.C6H14O3/c1-19(2,3)15-7-13(8-16(11-15)20(4,5)6)14-9-17(21)12-18(22)10-14;1-2-6(3-7,4-8)5-9/h7-8,11,14H,9-10,12H2,1-6H3;7-9H,2-5H2,1H3. The van der Waals surface area contributed by atoms with Crippen LogP contribution in [0.3, 0.4) is 0 Å². The van der Waals surface area contributed by atoms with E-state index in [1.165, 1.54) is 11.1 Å². The van der Waals surface area contributed by atoms with Crippen molar-refractivity contribution in [3.63, 3.8) is 0 Å². The Morgan fingerprint density at radius 2 is 1.16 bits per heavy atom. The van der Waals surface area contributed by atoms with Gasteiger partial charge in [-0.15, -0.1) is 0 Å². The van der Waals surface area contributed by atoms with Crippen molar-refractivity contribution in [2.45, 2.75) is 90.9 Å². The van der Waals surface area contributed by atoms with E-state index in [1.54, 1.807) is 0 Å². The Morgan fingerprint density at radius 3 is 1.42 bits per heavy atom. The van der Waals surface area contributed by atoms with Crippen molar-refractivity contribution >= 4 is 11.6 Å². The number of carbonyl (C=O) groups excluding carboxylic acids is 2. The highest BCUT2D eigenvalue weighted by molar-refractivity contribution is 6.02. The van der Waals surface area contributed by atoms with Gasteiger partial charge in [-0.25, -0.2) is 0 Å². The highest BCUT2D eigenvalue weighted by Crippen LogP contribution is 2.36. The first kappa shape index (κ1) is 27.5. The topological polar surface area (TPSA) is 94.8 Å². The molecular weight excluding hydrogens is 392 g/mol. The Kier molecular flexibility index (Phi) is 9.61. The summed E-state index contributed by atoms with van der Waals surface area (Å²) in [5.41, 5.74) is 3.15. The summed E-state index contributed by atoms with van der Waals surface area (Å²) in [7, 11) is 0. The molecule has 3 N–H and O–H groups in total. The number of rotatable bonds is 5. The van der Waals surface area contributed by atoms with Crippen molar-refractivity contribution in [3.8, 4) is 0 Å². The van der Waals surface area contributed by atoms with Gasteiger partial charge in [0.05, 0.1) is 26.2 Å². The van der Waals surface area contributed by atoms with Gasteiger partial charge in [-0.05, 0) is 39.9 Å². The zero-order chi connectivity index (χ0) is 24.0. The quantitative estimate of drug-likeness (QED) is 0.608. The minimum atomic E-state index is -0.667. The third-order valence-corrected chi connectivity index (χ3v) is 6.26. The molecule has 1 aliphatic carbocycles. The number of benzene rings is 1. The van der Waals surface area contributed by atoms with Gasteiger partial charge in [-0.2, -0.15) is 0 Å². The van der Waals surface area contributed by atoms with Gasteiger partial charge in [0.1, 0.15) is 11.6 Å². The van der Waals surface area contributed by atoms with Gasteiger partial charge < -0.3 is 15.3 Å². The molecule has 5 heteroatoms. The minimum Gasteiger partial charge on any atom is -0.396 e. The summed E-state index contributed by atoms with van der Waals surface area (Å²) in [5, 5.41) is 26.0. The smallest absolute Gasteiger partial charge is 0.140 e. The third-order valence-electron chi connectivity index (χ3n) is 6.26. The van der Waals surface area contributed by atoms with E-state index in [1.807, 2.05) is 6.92 Å². The van der Waals surface area contributed by atoms with Crippen LogP contribution in [-0.2, 0) is 20.4 Å². The lowest BCUT2D eigenvalue weighted by atomic mass is 9.75. The summed E-state index contributed by atoms with van der Waals surface area (Å²) in [6, 6.07) is 6.67. The van der Waals surface area contributed by atoms with Crippen LogP contribution in [0.5, 0.6) is 0 Å². The molecule has 5 nitrogen and oxygen atoms in total. The summed E-state index contributed by atoms with van der Waals surface area (Å²) in [5.74, 6) is 0.219. The number of hydrogen-bond acceptors (Lipinski definition) is 5. The van der Waals surface area contributed by atoms with E-state index in [0.29, 0.717) is 19.3 Å². The molecule has 0 atom stereocenters. The van der Waals surface area contributed by atoms with Crippen molar-refractivity contribution in [2.24, 2.45) is 5.41 Å². The molecule has 0 bridgehead atoms. The predicted octanol–water partition coefficient (Wildman–Crippen LogP) is 4.05. The molecule has 0 radical (unpaired) electrons. The lowest BCUT2D eigenvalue weighted by Crippen LogP contribution is -2.32. The lowest BCUT2D eigenvalue weighted by molar-refractivity contribution is -0.130. The number of hydrogen-bond donors (Lipinski definition) is 3. The van der Waals surface area contributed by atoms with E-state index in [0.717, 1.165) is 5.56 Å². The molecule has 0 aliphatic heterocycles. The molecule has 1 aromatic rings. The van der Waals surface area contributed by atoms with Gasteiger partial charge in [0.2, 0.25) is 0 Å². The van der Waals surface area contributed by atoms with Crippen LogP contribution in [0.2, 0.25) is 0 Å². The minimum absolute atomic E-state index is 0.0529. The number of aliphatic hydroxyl groups excluding tert-OH is 3. The van der Waals surface area contributed by atoms with Gasteiger partial charge in [0.25, 0.3) is 0 Å². The molecule has 2 rings (SSSR count). The van der Waals surface area contributed by atoms with Crippen molar-refractivity contribution < 1.29 is 24.9 Å². The van der Waals surface area contributed by atoms with Gasteiger partial charge in [0.15, 0.2) is 0 Å². The third kappa shape index (κ3) is 7.81. The predicted molar refractivity (Wildman–Crippen MR) is 124 cm³/mol. The van der Waals surface area contributed by atoms with E-state index in [-0.39, 0.29) is 54.6 Å². The van der Waals surface area contributed by atoms with Crippen LogP contribution in [0, 0.1) is 5.41 Å². The number of ketones is 2. The summed E-state index contributed by atoms with van der Waals surface area (Å²) in [6.45, 7) is 14.6. The molecule has 0 unspecified atom stereocenters. The molecule has 0 saturated heterocycles. The molecule has 0 spiro atoms. The van der Waals surface area contributed by atoms with Gasteiger partial charge in [-0.1, -0.05) is 66.7 Å². The van der Waals surface area contributed by atoms with Crippen LogP contribution in [0.4, 0.5) is 0 Å². The van der Waals surface area contributed by atoms with Gasteiger partial charge in [0, 0.05) is 18.3 Å². The molecule has 0 aromatic heterocycles. The molecule has 0 heterocycles. The summed E-state index contributed by atoms with van der Waals surface area (Å²) >= 11 is 0. The zero-order valence-electron chi connectivity index (χ0n) is 20.4. The fourth-order valence-electron chi connectivity index (χ4n) is 3.46. The van der Waals surface area contributed by atoms with Crippen molar-refractivity contribution in [1.29, 1.82) is 0 Å². The molecule has 176 valence electrons. The van der Waals surface area contributed by atoms with E-state index in [2.05, 4.69) is 59.7 Å². The number of carbonyl (C=O) groups is 2. The Bertz CT molecular complexity index is 682. The zero-order valence-corrected chi connectivity index (χ0v) is 20.4. The number of Topliss-reactive ketones (excluding diaryl/α,β-unsaturated/α-hetero) is 2. The average molecular weight is 435 g/mol. The normalized spacial score (nSPS) is 16.2. The summed E-state index contributed by atoms with van der Waals surface area (Å²) < 4.78 is 0. The molecule has 1 fully saturated rings. The molecule has 31 heavy (non-hydrogen) atoms. The SMILES string of the molecule is CC(C)(C)c1cc(C2CC(=O)CC(=O)C2)cc(C(C)(C)C)c1.CCC(CO)(CO)CO. The Morgan fingerprint density at radius 1 is 0.774 bits per heavy atom. The van der Waals surface area contributed by atoms with E-state index < -0.39 is 5.41 Å².